The molecular formula is C14H18ClN3O3. The van der Waals surface area contributed by atoms with E-state index in [9.17, 15) is 4.79 Å². The molecule has 21 heavy (non-hydrogen) atoms. The summed E-state index contributed by atoms with van der Waals surface area (Å²) in [6.07, 6.45) is 1.55. The second kappa shape index (κ2) is 7.51. The van der Waals surface area contributed by atoms with Gasteiger partial charge in [0.15, 0.2) is 0 Å². The number of hydrogen-bond acceptors (Lipinski definition) is 5. The lowest BCUT2D eigenvalue weighted by Gasteiger charge is -2.20. The standard InChI is InChI=1S/C14H18ClN3O3/c1-21-7-5-17(4-6-19)10-12-8-14(20)18-9-11(15)2-3-13(18)16-12/h2-3,8-9,19H,4-7,10H2,1H3. The molecule has 0 aromatic carbocycles. The van der Waals surface area contributed by atoms with E-state index in [2.05, 4.69) is 4.98 Å². The van der Waals surface area contributed by atoms with Crippen LogP contribution >= 0.6 is 11.6 Å². The van der Waals surface area contributed by atoms with Crippen LogP contribution in [0.1, 0.15) is 5.69 Å². The molecule has 0 saturated carbocycles. The molecule has 0 aliphatic carbocycles. The number of methoxy groups -OCH3 is 1. The zero-order chi connectivity index (χ0) is 15.2. The number of hydrogen-bond donors (Lipinski definition) is 1. The molecule has 0 bridgehead atoms. The zero-order valence-corrected chi connectivity index (χ0v) is 12.6. The van der Waals surface area contributed by atoms with Gasteiger partial charge >= 0.3 is 0 Å². The molecule has 0 unspecified atom stereocenters. The van der Waals surface area contributed by atoms with Gasteiger partial charge in [0.25, 0.3) is 5.56 Å². The predicted molar refractivity (Wildman–Crippen MR) is 80.7 cm³/mol. The normalized spacial score (nSPS) is 11.4. The zero-order valence-electron chi connectivity index (χ0n) is 11.8. The van der Waals surface area contributed by atoms with Crippen molar-refractivity contribution < 1.29 is 9.84 Å². The van der Waals surface area contributed by atoms with E-state index < -0.39 is 0 Å². The second-order valence-electron chi connectivity index (χ2n) is 4.65. The minimum atomic E-state index is -0.173. The third-order valence-electron chi connectivity index (χ3n) is 3.09. The largest absolute Gasteiger partial charge is 0.395 e. The summed E-state index contributed by atoms with van der Waals surface area (Å²) in [6.45, 7) is 2.26. The lowest BCUT2D eigenvalue weighted by atomic mass is 10.3. The molecule has 0 spiro atoms. The summed E-state index contributed by atoms with van der Waals surface area (Å²) < 4.78 is 6.45. The molecule has 2 aromatic rings. The second-order valence-corrected chi connectivity index (χ2v) is 5.09. The third kappa shape index (κ3) is 4.25. The summed E-state index contributed by atoms with van der Waals surface area (Å²) in [5.41, 5.74) is 1.04. The van der Waals surface area contributed by atoms with Crippen LogP contribution in [-0.2, 0) is 11.3 Å². The van der Waals surface area contributed by atoms with Crippen LogP contribution in [0.15, 0.2) is 29.2 Å². The molecule has 0 aliphatic heterocycles. The number of pyridine rings is 1. The fourth-order valence-corrected chi connectivity index (χ4v) is 2.23. The number of aliphatic hydroxyl groups is 1. The Labute approximate surface area is 127 Å². The van der Waals surface area contributed by atoms with Crippen LogP contribution in [0.4, 0.5) is 0 Å². The molecule has 0 saturated heterocycles. The fraction of sp³-hybridized carbons (Fsp3) is 0.429. The summed E-state index contributed by atoms with van der Waals surface area (Å²) in [4.78, 5) is 18.5. The quantitative estimate of drug-likeness (QED) is 0.819. The minimum Gasteiger partial charge on any atom is -0.395 e. The van der Waals surface area contributed by atoms with Gasteiger partial charge in [-0.05, 0) is 12.1 Å². The highest BCUT2D eigenvalue weighted by Crippen LogP contribution is 2.09. The van der Waals surface area contributed by atoms with E-state index in [0.29, 0.717) is 42.6 Å². The first-order valence-corrected chi connectivity index (χ1v) is 7.02. The lowest BCUT2D eigenvalue weighted by Crippen LogP contribution is -2.31. The lowest BCUT2D eigenvalue weighted by molar-refractivity contribution is 0.126. The van der Waals surface area contributed by atoms with Crippen LogP contribution in [0, 0.1) is 0 Å². The number of ether oxygens (including phenoxy) is 1. The van der Waals surface area contributed by atoms with Crippen molar-refractivity contribution in [1.29, 1.82) is 0 Å². The SMILES string of the molecule is COCCN(CCO)Cc1cc(=O)n2cc(Cl)ccc2n1. The van der Waals surface area contributed by atoms with Crippen molar-refractivity contribution in [3.8, 4) is 0 Å². The molecule has 0 atom stereocenters. The Bertz CT molecular complexity index is 659. The molecule has 2 aromatic heterocycles. The van der Waals surface area contributed by atoms with Gasteiger partial charge in [0.1, 0.15) is 5.65 Å². The Hall–Kier alpha value is -1.47. The Kier molecular flexibility index (Phi) is 5.69. The highest BCUT2D eigenvalue weighted by molar-refractivity contribution is 6.30. The summed E-state index contributed by atoms with van der Waals surface area (Å²) in [6, 6.07) is 4.89. The first-order valence-electron chi connectivity index (χ1n) is 6.64. The molecule has 0 fully saturated rings. The van der Waals surface area contributed by atoms with Crippen molar-refractivity contribution in [2.24, 2.45) is 0 Å². The van der Waals surface area contributed by atoms with Gasteiger partial charge in [-0.15, -0.1) is 0 Å². The first-order chi connectivity index (χ1) is 10.1. The van der Waals surface area contributed by atoms with Gasteiger partial charge < -0.3 is 9.84 Å². The van der Waals surface area contributed by atoms with Gasteiger partial charge in [-0.2, -0.15) is 0 Å². The molecule has 0 radical (unpaired) electrons. The van der Waals surface area contributed by atoms with Crippen LogP contribution in [0.3, 0.4) is 0 Å². The fourth-order valence-electron chi connectivity index (χ4n) is 2.07. The van der Waals surface area contributed by atoms with Gasteiger partial charge in [0.2, 0.25) is 0 Å². The minimum absolute atomic E-state index is 0.0475. The number of aliphatic hydroxyl groups excluding tert-OH is 1. The van der Waals surface area contributed by atoms with E-state index >= 15 is 0 Å². The molecule has 114 valence electrons. The average Bonchev–Trinajstić information content (AvgIpc) is 2.46. The van der Waals surface area contributed by atoms with Crippen LogP contribution in [0.2, 0.25) is 5.02 Å². The third-order valence-corrected chi connectivity index (χ3v) is 3.31. The van der Waals surface area contributed by atoms with Crippen molar-refractivity contribution in [3.63, 3.8) is 0 Å². The Morgan fingerprint density at radius 1 is 1.43 bits per heavy atom. The van der Waals surface area contributed by atoms with Crippen LogP contribution in [0.25, 0.3) is 5.65 Å². The molecule has 2 heterocycles. The van der Waals surface area contributed by atoms with E-state index in [4.69, 9.17) is 21.4 Å². The molecule has 2 rings (SSSR count). The van der Waals surface area contributed by atoms with Gasteiger partial charge in [0.05, 0.1) is 23.9 Å². The number of halogens is 1. The van der Waals surface area contributed by atoms with Crippen LogP contribution in [-0.4, -0.2) is 52.8 Å². The van der Waals surface area contributed by atoms with Gasteiger partial charge in [-0.1, -0.05) is 11.6 Å². The number of aromatic nitrogens is 2. The maximum absolute atomic E-state index is 12.1. The maximum atomic E-state index is 12.1. The number of fused-ring (bicyclic) bond motifs is 1. The Morgan fingerprint density at radius 2 is 2.24 bits per heavy atom. The van der Waals surface area contributed by atoms with E-state index in [-0.39, 0.29) is 12.2 Å². The van der Waals surface area contributed by atoms with Gasteiger partial charge in [-0.3, -0.25) is 14.1 Å². The topological polar surface area (TPSA) is 67.1 Å². The Balaban J connectivity index is 2.25. The highest BCUT2D eigenvalue weighted by Gasteiger charge is 2.09. The molecule has 7 heteroatoms. The average molecular weight is 312 g/mol. The van der Waals surface area contributed by atoms with Crippen molar-refractivity contribution in [2.45, 2.75) is 6.54 Å². The molecule has 1 N–H and O–H groups in total. The van der Waals surface area contributed by atoms with Gasteiger partial charge in [-0.25, -0.2) is 4.98 Å². The van der Waals surface area contributed by atoms with E-state index in [1.165, 1.54) is 10.5 Å². The monoisotopic (exact) mass is 311 g/mol. The van der Waals surface area contributed by atoms with Crippen molar-refractivity contribution >= 4 is 17.2 Å². The smallest absolute Gasteiger partial charge is 0.258 e. The summed E-state index contributed by atoms with van der Waals surface area (Å²) >= 11 is 5.88. The molecule has 6 nitrogen and oxygen atoms in total. The highest BCUT2D eigenvalue weighted by atomic mass is 35.5. The summed E-state index contributed by atoms with van der Waals surface area (Å²) in [5.74, 6) is 0. The molecule has 0 amide bonds. The predicted octanol–water partition coefficient (Wildman–Crippen LogP) is 0.789. The van der Waals surface area contributed by atoms with E-state index in [1.54, 1.807) is 25.4 Å². The van der Waals surface area contributed by atoms with Gasteiger partial charge in [0, 0.05) is 39.0 Å². The van der Waals surface area contributed by atoms with E-state index in [1.807, 2.05) is 4.90 Å². The summed E-state index contributed by atoms with van der Waals surface area (Å²) in [7, 11) is 1.63. The summed E-state index contributed by atoms with van der Waals surface area (Å²) in [5, 5.41) is 9.57. The molecular weight excluding hydrogens is 294 g/mol. The first kappa shape index (κ1) is 15.9. The van der Waals surface area contributed by atoms with Crippen molar-refractivity contribution in [3.05, 3.63) is 45.5 Å². The maximum Gasteiger partial charge on any atom is 0.258 e. The van der Waals surface area contributed by atoms with Crippen molar-refractivity contribution in [1.82, 2.24) is 14.3 Å². The number of rotatable bonds is 7. The molecule has 0 aliphatic rings. The Morgan fingerprint density at radius 3 is 2.95 bits per heavy atom. The number of nitrogens with zero attached hydrogens (tertiary/aromatic N) is 3. The van der Waals surface area contributed by atoms with E-state index in [0.717, 1.165) is 0 Å². The van der Waals surface area contributed by atoms with Crippen molar-refractivity contribution in [2.75, 3.05) is 33.4 Å². The van der Waals surface area contributed by atoms with Crippen LogP contribution < -0.4 is 5.56 Å². The van der Waals surface area contributed by atoms with Crippen LogP contribution in [0.5, 0.6) is 0 Å².